The van der Waals surface area contributed by atoms with Gasteiger partial charge < -0.3 is 5.32 Å². The van der Waals surface area contributed by atoms with Crippen molar-refractivity contribution in [3.63, 3.8) is 0 Å². The van der Waals surface area contributed by atoms with Gasteiger partial charge in [0.1, 0.15) is 4.83 Å². The van der Waals surface area contributed by atoms with Crippen LogP contribution in [0.3, 0.4) is 0 Å². The van der Waals surface area contributed by atoms with Crippen molar-refractivity contribution in [1.82, 2.24) is 9.78 Å². The van der Waals surface area contributed by atoms with Crippen LogP contribution in [0.4, 0.5) is 5.69 Å². The summed E-state index contributed by atoms with van der Waals surface area (Å²) in [7, 11) is 0. The van der Waals surface area contributed by atoms with E-state index in [1.54, 1.807) is 12.1 Å². The number of anilines is 1. The molecule has 0 unspecified atom stereocenters. The van der Waals surface area contributed by atoms with Gasteiger partial charge in [-0.05, 0) is 50.2 Å². The highest BCUT2D eigenvalue weighted by Gasteiger charge is 2.17. The Kier molecular flexibility index (Phi) is 4.26. The van der Waals surface area contributed by atoms with Crippen LogP contribution in [-0.4, -0.2) is 15.7 Å². The largest absolute Gasteiger partial charge is 0.321 e. The van der Waals surface area contributed by atoms with E-state index in [2.05, 4.69) is 29.5 Å². The van der Waals surface area contributed by atoms with Crippen LogP contribution >= 0.6 is 22.9 Å². The molecular weight excluding hydrogens is 366 g/mol. The normalized spacial score (nSPS) is 11.0. The first kappa shape index (κ1) is 16.8. The monoisotopic (exact) mass is 381 g/mol. The van der Waals surface area contributed by atoms with E-state index in [4.69, 9.17) is 11.6 Å². The van der Waals surface area contributed by atoms with Crippen molar-refractivity contribution in [3.05, 3.63) is 75.8 Å². The van der Waals surface area contributed by atoms with Crippen LogP contribution in [0.2, 0.25) is 5.02 Å². The molecule has 0 spiro atoms. The highest BCUT2D eigenvalue weighted by atomic mass is 35.5. The van der Waals surface area contributed by atoms with E-state index in [0.717, 1.165) is 21.6 Å². The standard InChI is InChI=1S/C20H16ClN3OS/c1-12-6-8-16(9-7-12)24-20-17(13(2)23-24)11-18(26-20)19(25)22-15-5-3-4-14(21)10-15/h3-11H,1-2H3,(H,22,25). The molecule has 0 radical (unpaired) electrons. The second kappa shape index (κ2) is 6.59. The molecule has 2 aromatic heterocycles. The summed E-state index contributed by atoms with van der Waals surface area (Å²) in [6, 6.07) is 17.2. The predicted octanol–water partition coefficient (Wildman–Crippen LogP) is 5.61. The van der Waals surface area contributed by atoms with Crippen LogP contribution in [0.15, 0.2) is 54.6 Å². The molecule has 4 rings (SSSR count). The van der Waals surface area contributed by atoms with E-state index in [1.165, 1.54) is 16.9 Å². The van der Waals surface area contributed by atoms with E-state index >= 15 is 0 Å². The van der Waals surface area contributed by atoms with E-state index in [9.17, 15) is 4.79 Å². The van der Waals surface area contributed by atoms with Gasteiger partial charge >= 0.3 is 0 Å². The Labute approximate surface area is 160 Å². The number of hydrogen-bond donors (Lipinski definition) is 1. The number of aryl methyl sites for hydroxylation is 2. The Bertz CT molecular complexity index is 1110. The lowest BCUT2D eigenvalue weighted by Gasteiger charge is -2.04. The van der Waals surface area contributed by atoms with Crippen molar-refractivity contribution < 1.29 is 4.79 Å². The van der Waals surface area contributed by atoms with Gasteiger partial charge in [-0.1, -0.05) is 35.4 Å². The van der Waals surface area contributed by atoms with Crippen molar-refractivity contribution in [2.24, 2.45) is 0 Å². The van der Waals surface area contributed by atoms with Crippen LogP contribution in [0.25, 0.3) is 15.9 Å². The van der Waals surface area contributed by atoms with Crippen LogP contribution < -0.4 is 5.32 Å². The fourth-order valence-electron chi connectivity index (χ4n) is 2.78. The summed E-state index contributed by atoms with van der Waals surface area (Å²) in [6.45, 7) is 4.01. The average Bonchev–Trinajstić information content (AvgIpc) is 3.17. The smallest absolute Gasteiger partial charge is 0.265 e. The highest BCUT2D eigenvalue weighted by molar-refractivity contribution is 7.20. The van der Waals surface area contributed by atoms with E-state index in [-0.39, 0.29) is 5.91 Å². The molecule has 0 bridgehead atoms. The molecule has 0 saturated heterocycles. The van der Waals surface area contributed by atoms with Gasteiger partial charge in [0, 0.05) is 16.1 Å². The van der Waals surface area contributed by atoms with Crippen molar-refractivity contribution in [1.29, 1.82) is 0 Å². The summed E-state index contributed by atoms with van der Waals surface area (Å²) in [4.78, 5) is 14.2. The quantitative estimate of drug-likeness (QED) is 0.501. The Morgan fingerprint density at radius 1 is 1.12 bits per heavy atom. The van der Waals surface area contributed by atoms with Crippen LogP contribution in [0.1, 0.15) is 20.9 Å². The molecule has 0 atom stereocenters. The molecule has 0 fully saturated rings. The predicted molar refractivity (Wildman–Crippen MR) is 108 cm³/mol. The third-order valence-corrected chi connectivity index (χ3v) is 5.47. The minimum absolute atomic E-state index is 0.150. The molecule has 0 saturated carbocycles. The second-order valence-electron chi connectivity index (χ2n) is 6.13. The van der Waals surface area contributed by atoms with Crippen molar-refractivity contribution in [2.45, 2.75) is 13.8 Å². The molecule has 1 N–H and O–H groups in total. The Morgan fingerprint density at radius 2 is 1.88 bits per heavy atom. The summed E-state index contributed by atoms with van der Waals surface area (Å²) in [6.07, 6.45) is 0. The minimum Gasteiger partial charge on any atom is -0.321 e. The zero-order valence-electron chi connectivity index (χ0n) is 14.3. The van der Waals surface area contributed by atoms with Crippen LogP contribution in [-0.2, 0) is 0 Å². The minimum atomic E-state index is -0.150. The highest BCUT2D eigenvalue weighted by Crippen LogP contribution is 2.31. The first-order valence-corrected chi connectivity index (χ1v) is 9.34. The maximum absolute atomic E-state index is 12.6. The Hall–Kier alpha value is -2.63. The molecule has 130 valence electrons. The van der Waals surface area contributed by atoms with Gasteiger partial charge in [-0.3, -0.25) is 4.79 Å². The maximum Gasteiger partial charge on any atom is 0.265 e. The van der Waals surface area contributed by atoms with Crippen LogP contribution in [0, 0.1) is 13.8 Å². The topological polar surface area (TPSA) is 46.9 Å². The number of fused-ring (bicyclic) bond motifs is 1. The second-order valence-corrected chi connectivity index (χ2v) is 7.59. The molecule has 2 heterocycles. The van der Waals surface area contributed by atoms with Gasteiger partial charge in [0.2, 0.25) is 0 Å². The zero-order chi connectivity index (χ0) is 18.3. The third-order valence-electron chi connectivity index (χ3n) is 4.13. The molecule has 0 aliphatic rings. The van der Waals surface area contributed by atoms with Gasteiger partial charge in [0.15, 0.2) is 0 Å². The van der Waals surface area contributed by atoms with Gasteiger partial charge in [-0.2, -0.15) is 5.10 Å². The zero-order valence-corrected chi connectivity index (χ0v) is 15.9. The van der Waals surface area contributed by atoms with Crippen molar-refractivity contribution in [2.75, 3.05) is 5.32 Å². The van der Waals surface area contributed by atoms with E-state index in [0.29, 0.717) is 15.6 Å². The lowest BCUT2D eigenvalue weighted by atomic mass is 10.2. The summed E-state index contributed by atoms with van der Waals surface area (Å²) >= 11 is 7.41. The van der Waals surface area contributed by atoms with Crippen molar-refractivity contribution in [3.8, 4) is 5.69 Å². The van der Waals surface area contributed by atoms with Crippen molar-refractivity contribution >= 4 is 44.7 Å². The molecule has 1 amide bonds. The number of rotatable bonds is 3. The number of carbonyl (C=O) groups excluding carboxylic acids is 1. The first-order valence-electron chi connectivity index (χ1n) is 8.14. The number of carbonyl (C=O) groups is 1. The van der Waals surface area contributed by atoms with Gasteiger partial charge in [-0.25, -0.2) is 4.68 Å². The molecule has 0 aliphatic carbocycles. The number of nitrogens with one attached hydrogen (secondary N) is 1. The molecule has 6 heteroatoms. The molecule has 4 aromatic rings. The number of halogens is 1. The summed E-state index contributed by atoms with van der Waals surface area (Å²) in [5, 5.41) is 9.10. The Morgan fingerprint density at radius 3 is 2.62 bits per heavy atom. The summed E-state index contributed by atoms with van der Waals surface area (Å²) in [5.41, 5.74) is 3.76. The maximum atomic E-state index is 12.6. The first-order chi connectivity index (χ1) is 12.5. The number of aromatic nitrogens is 2. The van der Waals surface area contributed by atoms with Gasteiger partial charge in [0.05, 0.1) is 16.3 Å². The molecule has 0 aliphatic heterocycles. The SMILES string of the molecule is Cc1ccc(-n2nc(C)c3cc(C(=O)Nc4cccc(Cl)c4)sc32)cc1. The van der Waals surface area contributed by atoms with Gasteiger partial charge in [0.25, 0.3) is 5.91 Å². The fourth-order valence-corrected chi connectivity index (χ4v) is 4.05. The number of hydrogen-bond acceptors (Lipinski definition) is 3. The summed E-state index contributed by atoms with van der Waals surface area (Å²) in [5.74, 6) is -0.150. The molecular formula is C20H16ClN3OS. The molecule has 26 heavy (non-hydrogen) atoms. The Balaban J connectivity index is 1.70. The molecule has 2 aromatic carbocycles. The lowest BCUT2D eigenvalue weighted by Crippen LogP contribution is -2.09. The van der Waals surface area contributed by atoms with E-state index in [1.807, 2.05) is 41.9 Å². The fraction of sp³-hybridized carbons (Fsp3) is 0.100. The molecule has 4 nitrogen and oxygen atoms in total. The van der Waals surface area contributed by atoms with Crippen LogP contribution in [0.5, 0.6) is 0 Å². The summed E-state index contributed by atoms with van der Waals surface area (Å²) < 4.78 is 1.89. The number of benzene rings is 2. The lowest BCUT2D eigenvalue weighted by molar-refractivity contribution is 0.103. The van der Waals surface area contributed by atoms with Gasteiger partial charge in [-0.15, -0.1) is 11.3 Å². The number of amides is 1. The third kappa shape index (κ3) is 3.11. The van der Waals surface area contributed by atoms with E-state index < -0.39 is 0 Å². The average molecular weight is 382 g/mol. The number of thiophene rings is 1. The number of nitrogens with zero attached hydrogens (tertiary/aromatic N) is 2.